The van der Waals surface area contributed by atoms with Crippen molar-refractivity contribution in [1.82, 2.24) is 4.98 Å². The highest BCUT2D eigenvalue weighted by atomic mass is 79.9. The number of anilines is 3. The van der Waals surface area contributed by atoms with Gasteiger partial charge < -0.3 is 13.7 Å². The Kier molecular flexibility index (Phi) is 7.47. The lowest BCUT2D eigenvalue weighted by Gasteiger charge is -2.26. The fraction of sp³-hybridized carbons (Fsp3) is 0. The number of nitrogens with zero attached hydrogens (tertiary/aromatic N) is 2. The summed E-state index contributed by atoms with van der Waals surface area (Å²) in [6.45, 7) is 0. The first kappa shape index (κ1) is 32.0. The second-order valence-electron chi connectivity index (χ2n) is 13.7. The molecule has 0 spiro atoms. The van der Waals surface area contributed by atoms with Crippen molar-refractivity contribution < 1.29 is 8.83 Å². The predicted octanol–water partition coefficient (Wildman–Crippen LogP) is 15.3. The zero-order valence-corrected chi connectivity index (χ0v) is 31.6. The molecular weight excluding hydrogens is 761 g/mol. The highest BCUT2D eigenvalue weighted by molar-refractivity contribution is 9.10. The lowest BCUT2D eigenvalue weighted by atomic mass is 10.00. The fourth-order valence-electron chi connectivity index (χ4n) is 7.63. The average Bonchev–Trinajstić information content (AvgIpc) is 3.94. The van der Waals surface area contributed by atoms with E-state index in [1.165, 1.54) is 36.9 Å². The molecule has 4 nitrogen and oxygen atoms in total. The van der Waals surface area contributed by atoms with Crippen LogP contribution in [0.4, 0.5) is 17.1 Å². The van der Waals surface area contributed by atoms with Crippen LogP contribution in [0.1, 0.15) is 0 Å². The van der Waals surface area contributed by atoms with Crippen LogP contribution in [0.2, 0.25) is 0 Å². The Hall–Kier alpha value is -6.47. The summed E-state index contributed by atoms with van der Waals surface area (Å²) in [7, 11) is 0. The van der Waals surface area contributed by atoms with Gasteiger partial charge in [0, 0.05) is 64.1 Å². The van der Waals surface area contributed by atoms with Crippen molar-refractivity contribution in [2.24, 2.45) is 0 Å². The molecule has 11 rings (SSSR count). The average molecular weight is 790 g/mol. The topological polar surface area (TPSA) is 42.4 Å². The van der Waals surface area contributed by atoms with Gasteiger partial charge in [-0.25, -0.2) is 4.98 Å². The van der Waals surface area contributed by atoms with Gasteiger partial charge in [0.15, 0.2) is 5.58 Å². The van der Waals surface area contributed by atoms with Crippen LogP contribution >= 0.6 is 27.3 Å². The Labute approximate surface area is 328 Å². The van der Waals surface area contributed by atoms with Gasteiger partial charge in [0.1, 0.15) is 16.7 Å². The van der Waals surface area contributed by atoms with Crippen molar-refractivity contribution in [3.63, 3.8) is 0 Å². The van der Waals surface area contributed by atoms with E-state index in [1.54, 1.807) is 0 Å². The van der Waals surface area contributed by atoms with E-state index < -0.39 is 0 Å². The molecule has 11 aromatic rings. The maximum atomic E-state index is 6.35. The molecule has 3 heterocycles. The smallest absolute Gasteiger partial charge is 0.227 e. The van der Waals surface area contributed by atoms with Crippen LogP contribution in [0, 0.1) is 0 Å². The van der Waals surface area contributed by atoms with Crippen LogP contribution in [-0.4, -0.2) is 4.98 Å². The molecule has 3 aromatic heterocycles. The van der Waals surface area contributed by atoms with E-state index in [0.717, 1.165) is 65.7 Å². The summed E-state index contributed by atoms with van der Waals surface area (Å²) >= 11 is 5.41. The van der Waals surface area contributed by atoms with Gasteiger partial charge in [-0.05, 0) is 125 Å². The highest BCUT2D eigenvalue weighted by Crippen LogP contribution is 2.42. The summed E-state index contributed by atoms with van der Waals surface area (Å²) in [5.74, 6) is 0.604. The van der Waals surface area contributed by atoms with Gasteiger partial charge in [-0.15, -0.1) is 11.3 Å². The Bertz CT molecular complexity index is 3180. The largest absolute Gasteiger partial charge is 0.456 e. The number of hydrogen-bond donors (Lipinski definition) is 0. The minimum absolute atomic E-state index is 0.604. The molecule has 0 aliphatic carbocycles. The first-order valence-corrected chi connectivity index (χ1v) is 19.7. The first-order chi connectivity index (χ1) is 27.1. The molecule has 0 saturated heterocycles. The van der Waals surface area contributed by atoms with E-state index in [0.29, 0.717) is 5.89 Å². The van der Waals surface area contributed by atoms with E-state index in [1.807, 2.05) is 47.7 Å². The molecule has 0 radical (unpaired) electrons. The molecule has 0 atom stereocenters. The Balaban J connectivity index is 0.981. The molecule has 0 unspecified atom stereocenters. The minimum Gasteiger partial charge on any atom is -0.456 e. The molecule has 0 aliphatic rings. The SMILES string of the molecule is Brc1ccc(-c2ccc3sc4ccc(-c5ccc(N(c6ccc(-c7nc8ccccc8o7)cc6)c6ccc7c(c6)oc6ccccc67)cc5)cc4c3c2)cc1. The zero-order valence-electron chi connectivity index (χ0n) is 29.2. The van der Waals surface area contributed by atoms with Crippen molar-refractivity contribution >= 4 is 97.5 Å². The standard InChI is InChI=1S/C49H29BrN2O2S/c50-35-17-9-30(10-18-35)33-15-25-47-41(27-33)42-28-34(16-26-48(42)55-47)31-11-19-36(20-12-31)52(38-23-24-40-39-5-1-3-7-44(39)53-46(40)29-38)37-21-13-32(14-22-37)49-51-43-6-2-4-8-45(43)54-49/h1-29H. The van der Waals surface area contributed by atoms with Gasteiger partial charge in [0.25, 0.3) is 0 Å². The van der Waals surface area contributed by atoms with Crippen LogP contribution in [0.3, 0.4) is 0 Å². The zero-order chi connectivity index (χ0) is 36.5. The third-order valence-corrected chi connectivity index (χ3v) is 12.1. The maximum Gasteiger partial charge on any atom is 0.227 e. The second-order valence-corrected chi connectivity index (χ2v) is 15.7. The van der Waals surface area contributed by atoms with Crippen LogP contribution in [0.5, 0.6) is 0 Å². The van der Waals surface area contributed by atoms with Gasteiger partial charge in [-0.3, -0.25) is 0 Å². The predicted molar refractivity (Wildman–Crippen MR) is 233 cm³/mol. The van der Waals surface area contributed by atoms with Crippen molar-refractivity contribution in [3.8, 4) is 33.7 Å². The Morgan fingerprint density at radius 1 is 0.418 bits per heavy atom. The lowest BCUT2D eigenvalue weighted by Crippen LogP contribution is -2.09. The van der Waals surface area contributed by atoms with Crippen LogP contribution in [0.15, 0.2) is 189 Å². The number of para-hydroxylation sites is 3. The summed E-state index contributed by atoms with van der Waals surface area (Å²) in [6, 6.07) is 61.9. The molecule has 55 heavy (non-hydrogen) atoms. The quantitative estimate of drug-likeness (QED) is 0.168. The normalized spacial score (nSPS) is 11.7. The third kappa shape index (κ3) is 5.61. The summed E-state index contributed by atoms with van der Waals surface area (Å²) in [4.78, 5) is 7.00. The highest BCUT2D eigenvalue weighted by Gasteiger charge is 2.17. The van der Waals surface area contributed by atoms with E-state index in [2.05, 4.69) is 160 Å². The number of fused-ring (bicyclic) bond motifs is 7. The van der Waals surface area contributed by atoms with Crippen molar-refractivity contribution in [2.75, 3.05) is 4.90 Å². The molecule has 0 fully saturated rings. The number of rotatable bonds is 6. The van der Waals surface area contributed by atoms with Crippen molar-refractivity contribution in [1.29, 1.82) is 0 Å². The monoisotopic (exact) mass is 788 g/mol. The number of aromatic nitrogens is 1. The van der Waals surface area contributed by atoms with Gasteiger partial charge in [0.05, 0.1) is 0 Å². The van der Waals surface area contributed by atoms with Gasteiger partial charge in [-0.2, -0.15) is 0 Å². The van der Waals surface area contributed by atoms with E-state index >= 15 is 0 Å². The molecule has 0 amide bonds. The number of thiophene rings is 1. The van der Waals surface area contributed by atoms with Gasteiger partial charge in [-0.1, -0.05) is 82.7 Å². The van der Waals surface area contributed by atoms with Crippen LogP contribution in [0.25, 0.3) is 86.9 Å². The van der Waals surface area contributed by atoms with E-state index in [9.17, 15) is 0 Å². The number of hydrogen-bond acceptors (Lipinski definition) is 5. The Morgan fingerprint density at radius 2 is 0.964 bits per heavy atom. The van der Waals surface area contributed by atoms with E-state index in [-0.39, 0.29) is 0 Å². The second kappa shape index (κ2) is 12.8. The van der Waals surface area contributed by atoms with Gasteiger partial charge in [0.2, 0.25) is 5.89 Å². The molecule has 0 bridgehead atoms. The number of furan rings is 1. The number of benzene rings is 8. The van der Waals surface area contributed by atoms with Crippen molar-refractivity contribution in [2.45, 2.75) is 0 Å². The summed E-state index contributed by atoms with van der Waals surface area (Å²) in [5, 5.41) is 4.77. The third-order valence-electron chi connectivity index (χ3n) is 10.4. The summed E-state index contributed by atoms with van der Waals surface area (Å²) < 4.78 is 16.1. The first-order valence-electron chi connectivity index (χ1n) is 18.1. The number of halogens is 1. The van der Waals surface area contributed by atoms with Crippen molar-refractivity contribution in [3.05, 3.63) is 180 Å². The lowest BCUT2D eigenvalue weighted by molar-refractivity contribution is 0.620. The summed E-state index contributed by atoms with van der Waals surface area (Å²) in [6.07, 6.45) is 0. The van der Waals surface area contributed by atoms with Gasteiger partial charge >= 0.3 is 0 Å². The fourth-order valence-corrected chi connectivity index (χ4v) is 8.96. The Morgan fingerprint density at radius 3 is 1.64 bits per heavy atom. The van der Waals surface area contributed by atoms with Crippen LogP contribution < -0.4 is 4.90 Å². The maximum absolute atomic E-state index is 6.35. The minimum atomic E-state index is 0.604. The molecular formula is C49H29BrN2O2S. The molecule has 0 N–H and O–H groups in total. The molecule has 8 aromatic carbocycles. The number of oxazole rings is 1. The molecule has 0 aliphatic heterocycles. The van der Waals surface area contributed by atoms with E-state index in [4.69, 9.17) is 13.8 Å². The summed E-state index contributed by atoms with van der Waals surface area (Å²) in [5.41, 5.74) is 12.1. The molecule has 6 heteroatoms. The molecule has 260 valence electrons. The molecule has 0 saturated carbocycles. The van der Waals surface area contributed by atoms with Crippen LogP contribution in [-0.2, 0) is 0 Å².